The minimum Gasteiger partial charge on any atom is -0.384 e. The van der Waals surface area contributed by atoms with Gasteiger partial charge in [0.05, 0.1) is 21.5 Å². The van der Waals surface area contributed by atoms with E-state index in [9.17, 15) is 5.26 Å². The quantitative estimate of drug-likeness (QED) is 0.383. The summed E-state index contributed by atoms with van der Waals surface area (Å²) in [6.45, 7) is 0. The van der Waals surface area contributed by atoms with Crippen LogP contribution in [0.25, 0.3) is 32.1 Å². The third-order valence-corrected chi connectivity index (χ3v) is 6.30. The van der Waals surface area contributed by atoms with Crippen molar-refractivity contribution < 1.29 is 0 Å². The second kappa shape index (κ2) is 7.26. The molecule has 3 heterocycles. The number of hydrogen-bond acceptors (Lipinski definition) is 6. The Kier molecular flexibility index (Phi) is 4.82. The van der Waals surface area contributed by atoms with Crippen LogP contribution in [0.1, 0.15) is 5.56 Å². The molecule has 4 rings (SSSR count). The Hall–Kier alpha value is -2.48. The first-order chi connectivity index (χ1) is 13.1. The van der Waals surface area contributed by atoms with Crippen LogP contribution in [0.2, 0.25) is 5.02 Å². The third-order valence-electron chi connectivity index (χ3n) is 3.91. The van der Waals surface area contributed by atoms with E-state index in [2.05, 4.69) is 49.1 Å². The van der Waals surface area contributed by atoms with Gasteiger partial charge in [0.2, 0.25) is 0 Å². The summed E-state index contributed by atoms with van der Waals surface area (Å²) in [6.07, 6.45) is 3.27. The third kappa shape index (κ3) is 3.29. The number of nitrogens with zero attached hydrogens (tertiary/aromatic N) is 4. The number of anilines is 1. The lowest BCUT2D eigenvalue weighted by molar-refractivity contribution is 0.942. The van der Waals surface area contributed by atoms with Crippen molar-refractivity contribution in [1.82, 2.24) is 20.4 Å². The molecule has 3 N–H and O–H groups in total. The highest BCUT2D eigenvalue weighted by Crippen LogP contribution is 2.47. The summed E-state index contributed by atoms with van der Waals surface area (Å²) in [4.78, 5) is 5.70. The van der Waals surface area contributed by atoms with Crippen molar-refractivity contribution in [2.45, 2.75) is 0 Å². The Morgan fingerprint density at radius 2 is 2.07 bits per heavy atom. The highest BCUT2D eigenvalue weighted by atomic mass is 127. The summed E-state index contributed by atoms with van der Waals surface area (Å²) in [7, 11) is 0. The number of nitriles is 1. The van der Waals surface area contributed by atoms with Crippen LogP contribution < -0.4 is 5.73 Å². The van der Waals surface area contributed by atoms with Crippen molar-refractivity contribution >= 4 is 51.3 Å². The highest BCUT2D eigenvalue weighted by molar-refractivity contribution is 14.1. The summed E-state index contributed by atoms with van der Waals surface area (Å²) >= 11 is 9.82. The molecule has 3 aromatic heterocycles. The predicted octanol–water partition coefficient (Wildman–Crippen LogP) is 4.97. The summed E-state index contributed by atoms with van der Waals surface area (Å²) in [6, 6.07) is 11.6. The highest BCUT2D eigenvalue weighted by Gasteiger charge is 2.24. The number of nitrogen functional groups attached to an aromatic ring is 1. The summed E-state index contributed by atoms with van der Waals surface area (Å²) in [5.41, 5.74) is 9.64. The monoisotopic (exact) mass is 504 g/mol. The lowest BCUT2D eigenvalue weighted by Gasteiger charge is -2.07. The predicted molar refractivity (Wildman–Crippen MR) is 115 cm³/mol. The molecule has 1 aromatic carbocycles. The Morgan fingerprint density at radius 1 is 1.22 bits per heavy atom. The average Bonchev–Trinajstić information content (AvgIpc) is 3.29. The summed E-state index contributed by atoms with van der Waals surface area (Å²) in [5.74, 6) is 0.399. The number of nitrogens with one attached hydrogen (secondary N) is 1. The molecule has 0 bridgehead atoms. The number of hydrogen-bond donors (Lipinski definition) is 2. The molecule has 0 spiro atoms. The van der Waals surface area contributed by atoms with Gasteiger partial charge in [-0.15, -0.1) is 11.3 Å². The molecule has 0 radical (unpaired) electrons. The Balaban J connectivity index is 2.06. The fourth-order valence-corrected chi connectivity index (χ4v) is 5.13. The molecule has 0 amide bonds. The number of pyridine rings is 1. The van der Waals surface area contributed by atoms with Gasteiger partial charge in [0, 0.05) is 20.4 Å². The molecule has 0 aliphatic heterocycles. The van der Waals surface area contributed by atoms with Gasteiger partial charge in [-0.25, -0.2) is 4.98 Å². The first kappa shape index (κ1) is 17.9. The van der Waals surface area contributed by atoms with E-state index in [-0.39, 0.29) is 0 Å². The van der Waals surface area contributed by atoms with E-state index >= 15 is 0 Å². The van der Waals surface area contributed by atoms with Crippen LogP contribution in [0.4, 0.5) is 5.82 Å². The number of H-pyrrole nitrogens is 1. The number of aromatic nitrogens is 4. The van der Waals surface area contributed by atoms with E-state index in [1.54, 1.807) is 18.5 Å². The Bertz CT molecular complexity index is 1180. The second-order valence-corrected chi connectivity index (χ2v) is 8.19. The molecule has 0 saturated carbocycles. The normalized spacial score (nSPS) is 10.7. The number of aromatic amines is 1. The Morgan fingerprint density at radius 3 is 2.74 bits per heavy atom. The molecule has 6 nitrogen and oxygen atoms in total. The van der Waals surface area contributed by atoms with Gasteiger partial charge in [-0.1, -0.05) is 17.7 Å². The van der Waals surface area contributed by atoms with Gasteiger partial charge in [0.1, 0.15) is 17.6 Å². The van der Waals surface area contributed by atoms with Crippen LogP contribution in [0.15, 0.2) is 42.7 Å². The van der Waals surface area contributed by atoms with Crippen molar-refractivity contribution in [3.05, 3.63) is 56.9 Å². The van der Waals surface area contributed by atoms with Crippen molar-refractivity contribution in [2.24, 2.45) is 0 Å². The van der Waals surface area contributed by atoms with Gasteiger partial charge in [-0.05, 0) is 58.0 Å². The number of thiophene rings is 1. The number of halogens is 2. The van der Waals surface area contributed by atoms with Crippen LogP contribution in [-0.4, -0.2) is 20.4 Å². The van der Waals surface area contributed by atoms with E-state index in [4.69, 9.17) is 17.3 Å². The first-order valence-corrected chi connectivity index (χ1v) is 9.96. The molecule has 0 unspecified atom stereocenters. The maximum atomic E-state index is 9.98. The van der Waals surface area contributed by atoms with Crippen LogP contribution in [0.3, 0.4) is 0 Å². The standard InChI is InChI=1S/C18H10ClIN6S/c19-10-1-2-11(13(20)6-10)16-12(7-21)17(9-3-4-23-15(22)5-9)27-18(16)14-8-24-26-25-14/h1-6,8H,(H2,22,23)(H,24,25,26). The van der Waals surface area contributed by atoms with Crippen molar-refractivity contribution in [1.29, 1.82) is 5.26 Å². The topological polar surface area (TPSA) is 104 Å². The van der Waals surface area contributed by atoms with Crippen LogP contribution in [0, 0.1) is 14.9 Å². The largest absolute Gasteiger partial charge is 0.384 e. The van der Waals surface area contributed by atoms with E-state index < -0.39 is 0 Å². The van der Waals surface area contributed by atoms with Crippen molar-refractivity contribution in [3.8, 4) is 38.2 Å². The SMILES string of the molecule is N#Cc1c(-c2ccnc(N)c2)sc(-c2cn[nH]n2)c1-c1ccc(Cl)cc1I. The average molecular weight is 505 g/mol. The molecule has 4 aromatic rings. The van der Waals surface area contributed by atoms with Crippen molar-refractivity contribution in [2.75, 3.05) is 5.73 Å². The molecule has 0 aliphatic carbocycles. The second-order valence-electron chi connectivity index (χ2n) is 5.57. The van der Waals surface area contributed by atoms with Gasteiger partial charge < -0.3 is 5.73 Å². The number of rotatable bonds is 3. The van der Waals surface area contributed by atoms with Crippen molar-refractivity contribution in [3.63, 3.8) is 0 Å². The van der Waals surface area contributed by atoms with E-state index in [0.29, 0.717) is 22.1 Å². The maximum absolute atomic E-state index is 9.98. The van der Waals surface area contributed by atoms with E-state index in [0.717, 1.165) is 30.0 Å². The lowest BCUT2D eigenvalue weighted by atomic mass is 9.98. The Labute approximate surface area is 177 Å². The molecular formula is C18H10ClIN6S. The molecule has 132 valence electrons. The fraction of sp³-hybridized carbons (Fsp3) is 0. The molecule has 9 heteroatoms. The van der Waals surface area contributed by atoms with Gasteiger partial charge >= 0.3 is 0 Å². The van der Waals surface area contributed by atoms with Gasteiger partial charge in [0.25, 0.3) is 0 Å². The van der Waals surface area contributed by atoms with E-state index in [1.807, 2.05) is 24.3 Å². The molecule has 0 aliphatic rings. The first-order valence-electron chi connectivity index (χ1n) is 7.69. The van der Waals surface area contributed by atoms with Crippen LogP contribution in [-0.2, 0) is 0 Å². The maximum Gasteiger partial charge on any atom is 0.123 e. The summed E-state index contributed by atoms with van der Waals surface area (Å²) < 4.78 is 0.944. The lowest BCUT2D eigenvalue weighted by Crippen LogP contribution is -1.90. The van der Waals surface area contributed by atoms with E-state index in [1.165, 1.54) is 11.3 Å². The minimum absolute atomic E-state index is 0.399. The molecule has 0 saturated heterocycles. The zero-order valence-electron chi connectivity index (χ0n) is 13.6. The molecule has 0 fully saturated rings. The number of benzene rings is 1. The summed E-state index contributed by atoms with van der Waals surface area (Å²) in [5, 5.41) is 21.4. The zero-order valence-corrected chi connectivity index (χ0v) is 17.3. The fourth-order valence-electron chi connectivity index (χ4n) is 2.77. The van der Waals surface area contributed by atoms with Crippen LogP contribution in [0.5, 0.6) is 0 Å². The van der Waals surface area contributed by atoms with Gasteiger partial charge in [-0.2, -0.15) is 20.7 Å². The van der Waals surface area contributed by atoms with Gasteiger partial charge in [0.15, 0.2) is 0 Å². The minimum atomic E-state index is 0.399. The van der Waals surface area contributed by atoms with Gasteiger partial charge in [-0.3, -0.25) is 0 Å². The molecular weight excluding hydrogens is 495 g/mol. The molecule has 0 atom stereocenters. The smallest absolute Gasteiger partial charge is 0.123 e. The molecule has 27 heavy (non-hydrogen) atoms. The zero-order chi connectivity index (χ0) is 19.0. The van der Waals surface area contributed by atoms with Crippen LogP contribution >= 0.6 is 45.5 Å². The number of nitrogens with two attached hydrogens (primary N) is 1.